The van der Waals surface area contributed by atoms with E-state index < -0.39 is 5.54 Å². The average Bonchev–Trinajstić information content (AvgIpc) is 2.89. The number of thiazole rings is 1. The monoisotopic (exact) mass is 275 g/mol. The van der Waals surface area contributed by atoms with Crippen molar-refractivity contribution < 1.29 is 4.79 Å². The quantitative estimate of drug-likeness (QED) is 0.899. The Morgan fingerprint density at radius 3 is 2.68 bits per heavy atom. The lowest BCUT2D eigenvalue weighted by molar-refractivity contribution is 0.0919. The molecule has 0 unspecified atom stereocenters. The first-order valence-corrected chi connectivity index (χ1v) is 6.87. The van der Waals surface area contributed by atoms with Gasteiger partial charge in [-0.25, -0.2) is 4.98 Å². The Labute approximate surface area is 116 Å². The number of rotatable bonds is 4. The molecular weight excluding hydrogens is 258 g/mol. The maximum absolute atomic E-state index is 12.1. The van der Waals surface area contributed by atoms with E-state index in [4.69, 9.17) is 5.73 Å². The highest BCUT2D eigenvalue weighted by atomic mass is 32.1. The van der Waals surface area contributed by atoms with E-state index in [2.05, 4.69) is 10.3 Å². The Hall–Kier alpha value is -1.72. The van der Waals surface area contributed by atoms with E-state index >= 15 is 0 Å². The molecule has 0 radical (unpaired) electrons. The van der Waals surface area contributed by atoms with Crippen LogP contribution in [0.4, 0.5) is 0 Å². The fraction of sp³-hybridized carbons (Fsp3) is 0.286. The van der Waals surface area contributed by atoms with Gasteiger partial charge in [-0.05, 0) is 13.8 Å². The van der Waals surface area contributed by atoms with Crippen LogP contribution in [0.25, 0.3) is 10.6 Å². The van der Waals surface area contributed by atoms with Crippen molar-refractivity contribution in [1.82, 2.24) is 10.3 Å². The predicted octanol–water partition coefficient (Wildman–Crippen LogP) is 2.28. The number of aromatic nitrogens is 1. The summed E-state index contributed by atoms with van der Waals surface area (Å²) in [4.78, 5) is 17.0. The standard InChI is InChI=1S/C14H17N3OS/c1-14(2,9-15)17-12(18)11-8-16-13(19-11)10-6-4-3-5-7-10/h3-8H,9,15H2,1-2H3,(H,17,18). The Morgan fingerprint density at radius 1 is 1.37 bits per heavy atom. The van der Waals surface area contributed by atoms with Gasteiger partial charge in [-0.15, -0.1) is 11.3 Å². The normalized spacial score (nSPS) is 11.3. The first kappa shape index (κ1) is 13.7. The highest BCUT2D eigenvalue weighted by Gasteiger charge is 2.20. The van der Waals surface area contributed by atoms with Crippen LogP contribution in [0, 0.1) is 0 Å². The number of nitrogens with two attached hydrogens (primary N) is 1. The minimum atomic E-state index is -0.409. The van der Waals surface area contributed by atoms with E-state index in [-0.39, 0.29) is 5.91 Å². The molecule has 0 aliphatic rings. The van der Waals surface area contributed by atoms with Crippen molar-refractivity contribution in [2.45, 2.75) is 19.4 Å². The van der Waals surface area contributed by atoms with E-state index in [0.29, 0.717) is 11.4 Å². The molecule has 0 atom stereocenters. The van der Waals surface area contributed by atoms with Gasteiger partial charge in [0.15, 0.2) is 0 Å². The van der Waals surface area contributed by atoms with Crippen molar-refractivity contribution in [3.63, 3.8) is 0 Å². The van der Waals surface area contributed by atoms with E-state index in [9.17, 15) is 4.79 Å². The summed E-state index contributed by atoms with van der Waals surface area (Å²) in [5.74, 6) is -0.130. The van der Waals surface area contributed by atoms with Crippen LogP contribution in [0.1, 0.15) is 23.5 Å². The molecule has 2 aromatic rings. The SMILES string of the molecule is CC(C)(CN)NC(=O)c1cnc(-c2ccccc2)s1. The second-order valence-corrected chi connectivity index (χ2v) is 5.97. The van der Waals surface area contributed by atoms with Gasteiger partial charge in [-0.3, -0.25) is 4.79 Å². The Kier molecular flexibility index (Phi) is 3.97. The van der Waals surface area contributed by atoms with Gasteiger partial charge < -0.3 is 11.1 Å². The van der Waals surface area contributed by atoms with Gasteiger partial charge >= 0.3 is 0 Å². The zero-order chi connectivity index (χ0) is 13.9. The van der Waals surface area contributed by atoms with E-state index in [1.54, 1.807) is 6.20 Å². The molecule has 0 fully saturated rings. The molecule has 0 saturated heterocycles. The molecule has 5 heteroatoms. The maximum atomic E-state index is 12.1. The number of nitrogens with zero attached hydrogens (tertiary/aromatic N) is 1. The number of benzene rings is 1. The second kappa shape index (κ2) is 5.50. The first-order chi connectivity index (χ1) is 9.02. The number of hydrogen-bond acceptors (Lipinski definition) is 4. The van der Waals surface area contributed by atoms with Crippen molar-refractivity contribution in [1.29, 1.82) is 0 Å². The van der Waals surface area contributed by atoms with Gasteiger partial charge in [0.1, 0.15) is 9.88 Å². The molecule has 0 aliphatic heterocycles. The van der Waals surface area contributed by atoms with Crippen molar-refractivity contribution in [2.75, 3.05) is 6.54 Å². The van der Waals surface area contributed by atoms with Gasteiger partial charge in [-0.1, -0.05) is 30.3 Å². The van der Waals surface area contributed by atoms with Gasteiger partial charge in [0.05, 0.1) is 6.20 Å². The minimum Gasteiger partial charge on any atom is -0.345 e. The molecule has 100 valence electrons. The summed E-state index contributed by atoms with van der Waals surface area (Å²) in [6, 6.07) is 9.81. The van der Waals surface area contributed by atoms with Gasteiger partial charge in [0.25, 0.3) is 5.91 Å². The fourth-order valence-corrected chi connectivity index (χ4v) is 2.33. The molecule has 1 aromatic heterocycles. The second-order valence-electron chi connectivity index (χ2n) is 4.94. The Balaban J connectivity index is 2.16. The van der Waals surface area contributed by atoms with E-state index in [1.165, 1.54) is 11.3 Å². The molecule has 19 heavy (non-hydrogen) atoms. The van der Waals surface area contributed by atoms with Crippen LogP contribution in [-0.4, -0.2) is 23.0 Å². The predicted molar refractivity (Wildman–Crippen MR) is 78.1 cm³/mol. The number of amides is 1. The lowest BCUT2D eigenvalue weighted by atomic mass is 10.1. The topological polar surface area (TPSA) is 68.0 Å². The van der Waals surface area contributed by atoms with E-state index in [1.807, 2.05) is 44.2 Å². The molecule has 0 spiro atoms. The first-order valence-electron chi connectivity index (χ1n) is 6.06. The van der Waals surface area contributed by atoms with Crippen LogP contribution in [0.5, 0.6) is 0 Å². The molecule has 3 N–H and O–H groups in total. The van der Waals surface area contributed by atoms with Crippen molar-refractivity contribution in [3.05, 3.63) is 41.4 Å². The van der Waals surface area contributed by atoms with Gasteiger partial charge in [-0.2, -0.15) is 0 Å². The zero-order valence-electron chi connectivity index (χ0n) is 11.0. The molecule has 2 rings (SSSR count). The summed E-state index contributed by atoms with van der Waals surface area (Å²) in [6.07, 6.45) is 1.61. The van der Waals surface area contributed by atoms with Gasteiger partial charge in [0, 0.05) is 17.6 Å². The molecule has 0 bridgehead atoms. The molecule has 1 heterocycles. The summed E-state index contributed by atoms with van der Waals surface area (Å²) >= 11 is 1.38. The largest absolute Gasteiger partial charge is 0.345 e. The average molecular weight is 275 g/mol. The highest BCUT2D eigenvalue weighted by molar-refractivity contribution is 7.16. The smallest absolute Gasteiger partial charge is 0.263 e. The van der Waals surface area contributed by atoms with Crippen LogP contribution in [-0.2, 0) is 0 Å². The van der Waals surface area contributed by atoms with Crippen LogP contribution < -0.4 is 11.1 Å². The van der Waals surface area contributed by atoms with E-state index in [0.717, 1.165) is 10.6 Å². The number of carbonyl (C=O) groups excluding carboxylic acids is 1. The van der Waals surface area contributed by atoms with Crippen molar-refractivity contribution in [3.8, 4) is 10.6 Å². The van der Waals surface area contributed by atoms with Crippen LogP contribution in [0.2, 0.25) is 0 Å². The summed E-state index contributed by atoms with van der Waals surface area (Å²) in [5.41, 5.74) is 6.21. The molecule has 1 aromatic carbocycles. The van der Waals surface area contributed by atoms with Crippen molar-refractivity contribution in [2.24, 2.45) is 5.73 Å². The summed E-state index contributed by atoms with van der Waals surface area (Å²) in [7, 11) is 0. The lowest BCUT2D eigenvalue weighted by Crippen LogP contribution is -2.48. The number of nitrogens with one attached hydrogen (secondary N) is 1. The third-order valence-electron chi connectivity index (χ3n) is 2.71. The molecule has 0 aliphatic carbocycles. The van der Waals surface area contributed by atoms with Crippen LogP contribution in [0.3, 0.4) is 0 Å². The van der Waals surface area contributed by atoms with Crippen LogP contribution in [0.15, 0.2) is 36.5 Å². The third-order valence-corrected chi connectivity index (χ3v) is 3.76. The van der Waals surface area contributed by atoms with Crippen molar-refractivity contribution >= 4 is 17.2 Å². The Morgan fingerprint density at radius 2 is 2.05 bits per heavy atom. The minimum absolute atomic E-state index is 0.130. The van der Waals surface area contributed by atoms with Crippen LogP contribution >= 0.6 is 11.3 Å². The van der Waals surface area contributed by atoms with Gasteiger partial charge in [0.2, 0.25) is 0 Å². The Bertz CT molecular complexity index is 563. The highest BCUT2D eigenvalue weighted by Crippen LogP contribution is 2.24. The fourth-order valence-electron chi connectivity index (χ4n) is 1.51. The number of carbonyl (C=O) groups is 1. The third kappa shape index (κ3) is 3.39. The maximum Gasteiger partial charge on any atom is 0.263 e. The summed E-state index contributed by atoms with van der Waals surface area (Å²) < 4.78 is 0. The number of hydrogen-bond donors (Lipinski definition) is 2. The summed E-state index contributed by atoms with van der Waals surface area (Å²) in [6.45, 7) is 4.18. The summed E-state index contributed by atoms with van der Waals surface area (Å²) in [5, 5.41) is 3.74. The molecule has 4 nitrogen and oxygen atoms in total. The molecular formula is C14H17N3OS. The lowest BCUT2D eigenvalue weighted by Gasteiger charge is -2.23. The molecule has 0 saturated carbocycles. The zero-order valence-corrected chi connectivity index (χ0v) is 11.8. The molecule has 1 amide bonds.